The summed E-state index contributed by atoms with van der Waals surface area (Å²) in [5.74, 6) is 1.07. The molecule has 18 heavy (non-hydrogen) atoms. The van der Waals surface area contributed by atoms with Crippen molar-refractivity contribution in [3.05, 3.63) is 35.4 Å². The van der Waals surface area contributed by atoms with Crippen LogP contribution in [0.25, 0.3) is 0 Å². The summed E-state index contributed by atoms with van der Waals surface area (Å²) < 4.78 is 0. The van der Waals surface area contributed by atoms with Gasteiger partial charge < -0.3 is 4.90 Å². The van der Waals surface area contributed by atoms with Crippen LogP contribution in [0.3, 0.4) is 0 Å². The molecule has 1 saturated carbocycles. The Morgan fingerprint density at radius 3 is 2.72 bits per heavy atom. The summed E-state index contributed by atoms with van der Waals surface area (Å²) in [6.45, 7) is 2.77. The maximum Gasteiger partial charge on any atom is 0.223 e. The quantitative estimate of drug-likeness (QED) is 0.810. The van der Waals surface area contributed by atoms with Crippen LogP contribution < -0.4 is 0 Å². The second kappa shape index (κ2) is 5.35. The zero-order valence-corrected chi connectivity index (χ0v) is 12.0. The largest absolute Gasteiger partial charge is 0.341 e. The zero-order valence-electron chi connectivity index (χ0n) is 11.1. The number of nitrogens with zero attached hydrogens (tertiary/aromatic N) is 1. The first kappa shape index (κ1) is 13.5. The fourth-order valence-corrected chi connectivity index (χ4v) is 2.62. The lowest BCUT2D eigenvalue weighted by Crippen LogP contribution is -2.28. The van der Waals surface area contributed by atoms with Gasteiger partial charge in [0, 0.05) is 20.0 Å². The second-order valence-corrected chi connectivity index (χ2v) is 5.89. The van der Waals surface area contributed by atoms with E-state index in [1.165, 1.54) is 11.1 Å². The van der Waals surface area contributed by atoms with Crippen molar-refractivity contribution < 1.29 is 4.79 Å². The monoisotopic (exact) mass is 263 g/mol. The van der Waals surface area contributed by atoms with Crippen molar-refractivity contribution >= 4 is 18.5 Å². The Bertz CT molecular complexity index is 440. The first-order valence-electron chi connectivity index (χ1n) is 6.45. The average molecular weight is 263 g/mol. The molecule has 1 amide bonds. The average Bonchev–Trinajstić information content (AvgIpc) is 3.09. The van der Waals surface area contributed by atoms with E-state index in [1.54, 1.807) is 0 Å². The third-order valence-corrected chi connectivity index (χ3v) is 4.42. The number of benzene rings is 1. The fourth-order valence-electron chi connectivity index (χ4n) is 2.20. The number of amides is 1. The van der Waals surface area contributed by atoms with Gasteiger partial charge in [-0.3, -0.25) is 4.79 Å². The molecule has 1 aromatic rings. The topological polar surface area (TPSA) is 20.3 Å². The molecule has 2 nitrogen and oxygen atoms in total. The van der Waals surface area contributed by atoms with Gasteiger partial charge in [-0.2, -0.15) is 12.6 Å². The normalized spacial score (nSPS) is 16.4. The molecule has 0 atom stereocenters. The van der Waals surface area contributed by atoms with Crippen LogP contribution in [-0.4, -0.2) is 23.6 Å². The number of carbonyl (C=O) groups excluding carboxylic acids is 1. The Morgan fingerprint density at radius 2 is 2.17 bits per heavy atom. The standard InChI is InChI=1S/C15H21NOS/c1-12-4-3-5-13(8-12)10-16(2)14(17)9-15(11-18)6-7-15/h3-5,8,18H,6-7,9-11H2,1-2H3. The molecule has 0 aliphatic heterocycles. The third-order valence-electron chi connectivity index (χ3n) is 3.75. The number of rotatable bonds is 5. The Hall–Kier alpha value is -0.960. The smallest absolute Gasteiger partial charge is 0.223 e. The molecule has 0 unspecified atom stereocenters. The minimum Gasteiger partial charge on any atom is -0.341 e. The van der Waals surface area contributed by atoms with Gasteiger partial charge in [0.15, 0.2) is 0 Å². The molecule has 3 heteroatoms. The van der Waals surface area contributed by atoms with E-state index in [1.807, 2.05) is 18.0 Å². The first-order chi connectivity index (χ1) is 8.54. The highest BCUT2D eigenvalue weighted by atomic mass is 32.1. The van der Waals surface area contributed by atoms with Gasteiger partial charge in [0.2, 0.25) is 5.91 Å². The van der Waals surface area contributed by atoms with Crippen LogP contribution >= 0.6 is 12.6 Å². The van der Waals surface area contributed by atoms with E-state index < -0.39 is 0 Å². The van der Waals surface area contributed by atoms with Crippen molar-refractivity contribution in [1.29, 1.82) is 0 Å². The van der Waals surface area contributed by atoms with Gasteiger partial charge in [0.05, 0.1) is 0 Å². The van der Waals surface area contributed by atoms with Crippen molar-refractivity contribution in [2.75, 3.05) is 12.8 Å². The summed E-state index contributed by atoms with van der Waals surface area (Å²) >= 11 is 4.35. The molecule has 0 heterocycles. The molecule has 1 aliphatic rings. The summed E-state index contributed by atoms with van der Waals surface area (Å²) in [6, 6.07) is 8.32. The van der Waals surface area contributed by atoms with E-state index in [-0.39, 0.29) is 11.3 Å². The van der Waals surface area contributed by atoms with Crippen molar-refractivity contribution in [3.8, 4) is 0 Å². The molecular formula is C15H21NOS. The highest BCUT2D eigenvalue weighted by Crippen LogP contribution is 2.49. The maximum absolute atomic E-state index is 12.1. The molecule has 0 radical (unpaired) electrons. The molecule has 0 saturated heterocycles. The summed E-state index contributed by atoms with van der Waals surface area (Å²) in [7, 11) is 1.89. The van der Waals surface area contributed by atoms with E-state index in [0.29, 0.717) is 13.0 Å². The molecule has 98 valence electrons. The van der Waals surface area contributed by atoms with Crippen LogP contribution in [-0.2, 0) is 11.3 Å². The highest BCUT2D eigenvalue weighted by Gasteiger charge is 2.43. The number of hydrogen-bond donors (Lipinski definition) is 1. The van der Waals surface area contributed by atoms with Gasteiger partial charge in [-0.05, 0) is 36.5 Å². The van der Waals surface area contributed by atoms with E-state index in [4.69, 9.17) is 0 Å². The highest BCUT2D eigenvalue weighted by molar-refractivity contribution is 7.80. The molecule has 0 N–H and O–H groups in total. The van der Waals surface area contributed by atoms with Crippen molar-refractivity contribution in [2.24, 2.45) is 5.41 Å². The lowest BCUT2D eigenvalue weighted by Gasteiger charge is -2.20. The molecule has 0 aromatic heterocycles. The lowest BCUT2D eigenvalue weighted by molar-refractivity contribution is -0.131. The number of thiol groups is 1. The Morgan fingerprint density at radius 1 is 1.44 bits per heavy atom. The van der Waals surface area contributed by atoms with Crippen molar-refractivity contribution in [1.82, 2.24) is 4.90 Å². The lowest BCUT2D eigenvalue weighted by atomic mass is 10.0. The Kier molecular flexibility index (Phi) is 4.00. The fraction of sp³-hybridized carbons (Fsp3) is 0.533. The van der Waals surface area contributed by atoms with Gasteiger partial charge in [-0.25, -0.2) is 0 Å². The van der Waals surface area contributed by atoms with Crippen LogP contribution in [0.2, 0.25) is 0 Å². The summed E-state index contributed by atoms with van der Waals surface area (Å²) in [4.78, 5) is 14.0. The van der Waals surface area contributed by atoms with Gasteiger partial charge in [0.25, 0.3) is 0 Å². The van der Waals surface area contributed by atoms with Crippen molar-refractivity contribution in [3.63, 3.8) is 0 Å². The minimum absolute atomic E-state index is 0.209. The second-order valence-electron chi connectivity index (χ2n) is 5.57. The maximum atomic E-state index is 12.1. The predicted molar refractivity (Wildman–Crippen MR) is 77.8 cm³/mol. The number of hydrogen-bond acceptors (Lipinski definition) is 2. The molecule has 1 aromatic carbocycles. The van der Waals surface area contributed by atoms with Gasteiger partial charge in [-0.1, -0.05) is 29.8 Å². The molecular weight excluding hydrogens is 242 g/mol. The van der Waals surface area contributed by atoms with Gasteiger partial charge >= 0.3 is 0 Å². The van der Waals surface area contributed by atoms with E-state index in [2.05, 4.69) is 37.8 Å². The van der Waals surface area contributed by atoms with E-state index in [0.717, 1.165) is 18.6 Å². The molecule has 1 fully saturated rings. The van der Waals surface area contributed by atoms with Crippen LogP contribution in [0.1, 0.15) is 30.4 Å². The van der Waals surface area contributed by atoms with Crippen LogP contribution in [0.4, 0.5) is 0 Å². The van der Waals surface area contributed by atoms with E-state index >= 15 is 0 Å². The molecule has 2 rings (SSSR count). The van der Waals surface area contributed by atoms with Crippen LogP contribution in [0.15, 0.2) is 24.3 Å². The summed E-state index contributed by atoms with van der Waals surface area (Å²) in [5.41, 5.74) is 2.64. The Balaban J connectivity index is 1.91. The zero-order chi connectivity index (χ0) is 13.2. The predicted octanol–water partition coefficient (Wildman–Crippen LogP) is 3.05. The molecule has 0 spiro atoms. The van der Waals surface area contributed by atoms with Gasteiger partial charge in [0.1, 0.15) is 0 Å². The molecule has 0 bridgehead atoms. The summed E-state index contributed by atoms with van der Waals surface area (Å²) in [6.07, 6.45) is 2.96. The SMILES string of the molecule is Cc1cccc(CN(C)C(=O)CC2(CS)CC2)c1. The van der Waals surface area contributed by atoms with E-state index in [9.17, 15) is 4.79 Å². The van der Waals surface area contributed by atoms with Crippen molar-refractivity contribution in [2.45, 2.75) is 32.7 Å². The van der Waals surface area contributed by atoms with Crippen LogP contribution in [0, 0.1) is 12.3 Å². The minimum atomic E-state index is 0.209. The van der Waals surface area contributed by atoms with Crippen LogP contribution in [0.5, 0.6) is 0 Å². The number of carbonyl (C=O) groups is 1. The third kappa shape index (κ3) is 3.29. The van der Waals surface area contributed by atoms with Gasteiger partial charge in [-0.15, -0.1) is 0 Å². The molecule has 1 aliphatic carbocycles. The summed E-state index contributed by atoms with van der Waals surface area (Å²) in [5, 5.41) is 0. The Labute approximate surface area is 115 Å². The number of aryl methyl sites for hydroxylation is 1. The first-order valence-corrected chi connectivity index (χ1v) is 7.08.